The molecule has 1 N–H and O–H groups in total. The number of aryl methyl sites for hydroxylation is 4. The van der Waals surface area contributed by atoms with Crippen LogP contribution in [-0.4, -0.2) is 28.3 Å². The molecule has 0 fully saturated rings. The second-order valence-electron chi connectivity index (χ2n) is 11.0. The zero-order valence-electron chi connectivity index (χ0n) is 29.3. The highest BCUT2D eigenvalue weighted by molar-refractivity contribution is 6.69. The molecule has 0 heterocycles. The number of benzene rings is 4. The molecule has 0 bridgehead atoms. The van der Waals surface area contributed by atoms with E-state index in [0.717, 1.165) is 27.9 Å². The fourth-order valence-electron chi connectivity index (χ4n) is 3.92. The van der Waals surface area contributed by atoms with Gasteiger partial charge in [0.1, 0.15) is 5.16 Å². The number of rotatable bonds is 5. The molecule has 4 aromatic carbocycles. The smallest absolute Gasteiger partial charge is 0.337 e. The summed E-state index contributed by atoms with van der Waals surface area (Å²) in [5.74, 6) is -0.979. The third-order valence-electron chi connectivity index (χ3n) is 6.68. The average Bonchev–Trinajstić information content (AvgIpc) is 3.01. The van der Waals surface area contributed by atoms with Crippen LogP contribution in [0.3, 0.4) is 0 Å². The highest BCUT2D eigenvalue weighted by Gasteiger charge is 2.10. The molecule has 0 amide bonds. The van der Waals surface area contributed by atoms with Gasteiger partial charge in [-0.25, -0.2) is 4.79 Å². The van der Waals surface area contributed by atoms with Gasteiger partial charge in [-0.15, -0.1) is 0 Å². The zero-order valence-corrected chi connectivity index (χ0v) is 33.0. The van der Waals surface area contributed by atoms with E-state index in [2.05, 4.69) is 49.1 Å². The Morgan fingerprint density at radius 3 is 1.43 bits per heavy atom. The topological polar surface area (TPSA) is 81.4 Å². The van der Waals surface area contributed by atoms with Gasteiger partial charge in [-0.2, -0.15) is 5.26 Å². The monoisotopic (exact) mass is 762 g/mol. The van der Waals surface area contributed by atoms with Crippen molar-refractivity contribution < 1.29 is 14.7 Å². The molecule has 0 aromatic heterocycles. The number of aromatic carboxylic acids is 1. The molecule has 10 heteroatoms. The molecule has 4 aromatic rings. The average molecular weight is 765 g/mol. The molecule has 0 radical (unpaired) electrons. The van der Waals surface area contributed by atoms with Crippen molar-refractivity contribution in [1.29, 1.82) is 5.26 Å². The third kappa shape index (κ3) is 17.1. The Balaban J connectivity index is 0.000000619. The van der Waals surface area contributed by atoms with Crippen molar-refractivity contribution in [2.24, 2.45) is 0 Å². The molecule has 0 aliphatic heterocycles. The van der Waals surface area contributed by atoms with Crippen molar-refractivity contribution in [2.45, 2.75) is 61.9 Å². The summed E-state index contributed by atoms with van der Waals surface area (Å²) in [5.41, 5.74) is 8.22. The minimum absolute atomic E-state index is 0.189. The van der Waals surface area contributed by atoms with Gasteiger partial charge < -0.3 is 10.0 Å². The van der Waals surface area contributed by atoms with E-state index in [1.54, 1.807) is 56.3 Å². The van der Waals surface area contributed by atoms with Crippen LogP contribution >= 0.6 is 58.0 Å². The second kappa shape index (κ2) is 23.8. The van der Waals surface area contributed by atoms with E-state index in [1.807, 2.05) is 40.0 Å². The minimum atomic E-state index is -0.979. The van der Waals surface area contributed by atoms with E-state index in [0.29, 0.717) is 16.1 Å². The van der Waals surface area contributed by atoms with Crippen LogP contribution in [-0.2, 0) is 6.54 Å². The van der Waals surface area contributed by atoms with Gasteiger partial charge in [-0.05, 0) is 112 Å². The molecule has 0 atom stereocenters. The summed E-state index contributed by atoms with van der Waals surface area (Å²) in [6, 6.07) is 26.4. The number of carbonyl (C=O) groups is 2. The van der Waals surface area contributed by atoms with Crippen molar-refractivity contribution in [1.82, 2.24) is 4.90 Å². The van der Waals surface area contributed by atoms with Crippen molar-refractivity contribution in [3.05, 3.63) is 149 Å². The molecule has 0 unspecified atom stereocenters. The van der Waals surface area contributed by atoms with Gasteiger partial charge in [0.2, 0.25) is 0 Å². The van der Waals surface area contributed by atoms with Crippen LogP contribution in [0.1, 0.15) is 74.9 Å². The molecule has 0 aliphatic rings. The molecule has 0 saturated carbocycles. The summed E-state index contributed by atoms with van der Waals surface area (Å²) < 4.78 is 0. The summed E-state index contributed by atoms with van der Waals surface area (Å²) >= 11 is 28.6. The predicted molar refractivity (Wildman–Crippen MR) is 209 cm³/mol. The number of hydrogen-bond donors (Lipinski definition) is 1. The summed E-state index contributed by atoms with van der Waals surface area (Å²) in [6.07, 6.45) is 0. The Morgan fingerprint density at radius 1 is 0.714 bits per heavy atom. The van der Waals surface area contributed by atoms with E-state index in [1.165, 1.54) is 29.2 Å². The van der Waals surface area contributed by atoms with Crippen LogP contribution in [0, 0.1) is 45.9 Å². The largest absolute Gasteiger partial charge is 0.478 e. The maximum absolute atomic E-state index is 10.8. The first kappa shape index (κ1) is 45.5. The van der Waals surface area contributed by atoms with Gasteiger partial charge in [0.15, 0.2) is 0 Å². The van der Waals surface area contributed by atoms with Crippen molar-refractivity contribution >= 4 is 69.2 Å². The first-order valence-electron chi connectivity index (χ1n) is 14.9. The molecule has 49 heavy (non-hydrogen) atoms. The van der Waals surface area contributed by atoms with Gasteiger partial charge in [-0.3, -0.25) is 4.79 Å². The van der Waals surface area contributed by atoms with E-state index in [4.69, 9.17) is 68.4 Å². The lowest BCUT2D eigenvalue weighted by Crippen LogP contribution is -2.14. The molecular weight excluding hydrogens is 722 g/mol. The van der Waals surface area contributed by atoms with Gasteiger partial charge in [0, 0.05) is 25.5 Å². The lowest BCUT2D eigenvalue weighted by atomic mass is 10.1. The Morgan fingerprint density at radius 2 is 1.12 bits per heavy atom. The lowest BCUT2D eigenvalue weighted by molar-refractivity contribution is 0.0696. The van der Waals surface area contributed by atoms with E-state index < -0.39 is 11.2 Å². The number of hydrogen-bond acceptors (Lipinski definition) is 4. The van der Waals surface area contributed by atoms with Crippen LogP contribution < -0.4 is 0 Å². The molecule has 4 rings (SSSR count). The first-order chi connectivity index (χ1) is 22.9. The number of nitrogens with zero attached hydrogens (tertiary/aromatic N) is 2. The fraction of sp³-hybridized carbons (Fsp3) is 0.256. The second-order valence-corrected chi connectivity index (χ2v) is 12.9. The fourth-order valence-corrected chi connectivity index (χ4v) is 5.11. The molecule has 0 saturated heterocycles. The Hall–Kier alpha value is -3.50. The molecule has 5 nitrogen and oxygen atoms in total. The van der Waals surface area contributed by atoms with Gasteiger partial charge in [0.25, 0.3) is 5.24 Å². The number of nitriles is 1. The predicted octanol–water partition coefficient (Wildman–Crippen LogP) is 12.8. The quantitative estimate of drug-likeness (QED) is 0.162. The van der Waals surface area contributed by atoms with Gasteiger partial charge in [-0.1, -0.05) is 113 Å². The van der Waals surface area contributed by atoms with Crippen LogP contribution in [0.5, 0.6) is 0 Å². The van der Waals surface area contributed by atoms with Crippen molar-refractivity contribution in [2.75, 3.05) is 7.05 Å². The van der Waals surface area contributed by atoms with E-state index in [9.17, 15) is 9.59 Å². The Labute approximate surface area is 316 Å². The van der Waals surface area contributed by atoms with Crippen LogP contribution in [0.2, 0.25) is 15.1 Å². The first-order valence-corrected chi connectivity index (χ1v) is 16.8. The number of allylic oxidation sites excluding steroid dienone is 1. The standard InChI is InChI=1S/C13H18ClN.C8H6Cl2O.C8H7ClO2.C8H9Cl.C2H3N/c1-10(2)13(14)15(4)9-12-7-5-11(3)6-8-12;2*1-5-3-2-4-6(9)7(5)8(10)11;1-6-4-3-5-8(9)7(6)2;1-2-3/h5-8H,9H2,1-4H3;2-4H,1H3;2-4H,1H3,(H,10,11);3-5H,1-2H3;1H3. The molecule has 0 spiro atoms. The maximum atomic E-state index is 10.8. The minimum Gasteiger partial charge on any atom is -0.478 e. The van der Waals surface area contributed by atoms with Crippen LogP contribution in [0.4, 0.5) is 0 Å². The Kier molecular flexibility index (Phi) is 22.1. The molecule has 0 aliphatic carbocycles. The van der Waals surface area contributed by atoms with Crippen molar-refractivity contribution in [3.63, 3.8) is 0 Å². The maximum Gasteiger partial charge on any atom is 0.337 e. The van der Waals surface area contributed by atoms with Crippen LogP contribution in [0.25, 0.3) is 0 Å². The van der Waals surface area contributed by atoms with Gasteiger partial charge >= 0.3 is 5.97 Å². The van der Waals surface area contributed by atoms with Crippen LogP contribution in [0.15, 0.2) is 89.6 Å². The summed E-state index contributed by atoms with van der Waals surface area (Å²) in [4.78, 5) is 23.4. The highest BCUT2D eigenvalue weighted by atomic mass is 35.5. The number of halogens is 5. The normalized spacial score (nSPS) is 9.33. The summed E-state index contributed by atoms with van der Waals surface area (Å²) in [5, 5.41) is 17.9. The van der Waals surface area contributed by atoms with E-state index >= 15 is 0 Å². The number of carboxylic acids is 1. The van der Waals surface area contributed by atoms with E-state index in [-0.39, 0.29) is 10.6 Å². The zero-order chi connectivity index (χ0) is 37.8. The Bertz CT molecular complexity index is 1620. The lowest BCUT2D eigenvalue weighted by Gasteiger charge is -2.19. The van der Waals surface area contributed by atoms with Crippen molar-refractivity contribution in [3.8, 4) is 6.07 Å². The number of carboxylic acid groups (broad SMARTS) is 1. The SMILES string of the molecule is CC#N.CC(C)=C(Cl)N(C)Cc1ccc(C)cc1.Cc1cccc(Cl)c1C.Cc1cccc(Cl)c1C(=O)Cl.Cc1cccc(Cl)c1C(=O)O. The third-order valence-corrected chi connectivity index (χ3v) is 8.58. The summed E-state index contributed by atoms with van der Waals surface area (Å²) in [7, 11) is 2.01. The summed E-state index contributed by atoms with van der Waals surface area (Å²) in [6.45, 7) is 16.0. The number of carbonyl (C=O) groups excluding carboxylic acids is 1. The van der Waals surface area contributed by atoms with Gasteiger partial charge in [0.05, 0.1) is 27.2 Å². The highest BCUT2D eigenvalue weighted by Crippen LogP contribution is 2.21. The molecule has 262 valence electrons. The molecular formula is C39H43Cl5N2O3.